The zero-order chi connectivity index (χ0) is 27.4. The Morgan fingerprint density at radius 3 is 2.13 bits per heavy atom. The molecule has 8 heteroatoms. The van der Waals surface area contributed by atoms with Crippen LogP contribution in [0.3, 0.4) is 0 Å². The van der Waals surface area contributed by atoms with E-state index in [4.69, 9.17) is 18.9 Å². The summed E-state index contributed by atoms with van der Waals surface area (Å²) in [6.45, 7) is 5.57. The number of carbonyl (C=O) groups is 3. The van der Waals surface area contributed by atoms with Crippen LogP contribution < -0.4 is 14.8 Å². The van der Waals surface area contributed by atoms with Gasteiger partial charge in [-0.1, -0.05) is 24.3 Å². The van der Waals surface area contributed by atoms with Gasteiger partial charge in [-0.3, -0.25) is 9.59 Å². The molecule has 38 heavy (non-hydrogen) atoms. The van der Waals surface area contributed by atoms with Crippen LogP contribution in [-0.2, 0) is 23.9 Å². The van der Waals surface area contributed by atoms with Crippen LogP contribution in [0, 0.1) is 5.92 Å². The summed E-state index contributed by atoms with van der Waals surface area (Å²) in [5.41, 5.74) is 3.44. The Kier molecular flexibility index (Phi) is 8.20. The number of benzene rings is 2. The van der Waals surface area contributed by atoms with E-state index in [0.717, 1.165) is 5.56 Å². The average Bonchev–Trinajstić information content (AvgIpc) is 2.92. The van der Waals surface area contributed by atoms with Gasteiger partial charge in [0, 0.05) is 28.8 Å². The molecule has 0 radical (unpaired) electrons. The normalized spacial score (nSPS) is 20.9. The van der Waals surface area contributed by atoms with Crippen LogP contribution in [0.4, 0.5) is 0 Å². The molecule has 0 fully saturated rings. The molecule has 1 aliphatic heterocycles. The summed E-state index contributed by atoms with van der Waals surface area (Å²) in [5.74, 6) is -2.59. The van der Waals surface area contributed by atoms with E-state index >= 15 is 0 Å². The van der Waals surface area contributed by atoms with Crippen molar-refractivity contribution >= 4 is 17.7 Å². The number of hydrogen-bond donors (Lipinski definition) is 1. The van der Waals surface area contributed by atoms with Crippen LogP contribution in [0.1, 0.15) is 50.2 Å². The number of rotatable bonds is 8. The predicted molar refractivity (Wildman–Crippen MR) is 141 cm³/mol. The van der Waals surface area contributed by atoms with Gasteiger partial charge in [-0.05, 0) is 62.6 Å². The lowest BCUT2D eigenvalue weighted by atomic mass is 9.67. The van der Waals surface area contributed by atoms with Gasteiger partial charge < -0.3 is 24.3 Å². The number of ether oxygens (including phenoxy) is 4. The first-order chi connectivity index (χ1) is 18.3. The van der Waals surface area contributed by atoms with Gasteiger partial charge in [-0.25, -0.2) is 4.79 Å². The lowest BCUT2D eigenvalue weighted by molar-refractivity contribution is -0.152. The second kappa shape index (κ2) is 11.5. The molecule has 0 unspecified atom stereocenters. The summed E-state index contributed by atoms with van der Waals surface area (Å²) in [6.07, 6.45) is 0.367. The molecule has 1 aliphatic carbocycles. The van der Waals surface area contributed by atoms with E-state index in [2.05, 4.69) is 5.32 Å². The lowest BCUT2D eigenvalue weighted by Gasteiger charge is -2.39. The Bertz CT molecular complexity index is 1310. The molecular weight excluding hydrogens is 486 g/mol. The number of Topliss-reactive ketones (excluding diaryl/α,β-unsaturated/α-hetero) is 1. The summed E-state index contributed by atoms with van der Waals surface area (Å²) in [7, 11) is 3.13. The molecule has 1 heterocycles. The number of hydrogen-bond acceptors (Lipinski definition) is 8. The number of ketones is 1. The maximum absolute atomic E-state index is 14.3. The zero-order valence-electron chi connectivity index (χ0n) is 22.3. The van der Waals surface area contributed by atoms with E-state index in [1.54, 1.807) is 47.1 Å². The van der Waals surface area contributed by atoms with Crippen molar-refractivity contribution in [2.45, 2.75) is 39.0 Å². The summed E-state index contributed by atoms with van der Waals surface area (Å²) in [5, 5.41) is 3.31. The summed E-state index contributed by atoms with van der Waals surface area (Å²) in [6, 6.07) is 14.6. The Labute approximate surface area is 222 Å². The molecule has 2 aliphatic rings. The number of dihydropyridines is 1. The van der Waals surface area contributed by atoms with Crippen LogP contribution >= 0.6 is 0 Å². The van der Waals surface area contributed by atoms with Gasteiger partial charge in [0.2, 0.25) is 0 Å². The Morgan fingerprint density at radius 2 is 1.53 bits per heavy atom. The highest BCUT2D eigenvalue weighted by molar-refractivity contribution is 6.13. The topological polar surface area (TPSA) is 100 Å². The first-order valence-electron chi connectivity index (χ1n) is 12.7. The molecule has 0 aromatic heterocycles. The van der Waals surface area contributed by atoms with Crippen LogP contribution in [0.5, 0.6) is 11.5 Å². The van der Waals surface area contributed by atoms with E-state index in [0.29, 0.717) is 46.0 Å². The fourth-order valence-electron chi connectivity index (χ4n) is 5.36. The number of carbonyl (C=O) groups excluding carboxylic acids is 3. The Hall–Kier alpha value is -4.07. The lowest BCUT2D eigenvalue weighted by Crippen LogP contribution is -2.43. The molecule has 0 bridgehead atoms. The van der Waals surface area contributed by atoms with Crippen molar-refractivity contribution < 1.29 is 33.3 Å². The van der Waals surface area contributed by atoms with E-state index in [-0.39, 0.29) is 19.0 Å². The van der Waals surface area contributed by atoms with Crippen molar-refractivity contribution in [2.75, 3.05) is 27.4 Å². The van der Waals surface area contributed by atoms with E-state index in [1.165, 1.54) is 0 Å². The molecule has 4 rings (SSSR count). The third-order valence-electron chi connectivity index (χ3n) is 7.00. The standard InChI is InChI=1S/C30H33NO7/c1-6-37-29(33)24-17(3)31-23-16-22(18-10-8-12-20(14-18)35-4)26(30(34)38-7-2)28(32)27(23)25(24)19-11-9-13-21(15-19)36-5/h8-15,22,25-26,31H,6-7,16H2,1-5H3/t22-,25-,26-/m1/s1. The second-order valence-corrected chi connectivity index (χ2v) is 9.17. The van der Waals surface area contributed by atoms with Gasteiger partial charge in [0.25, 0.3) is 0 Å². The number of nitrogens with one attached hydrogen (secondary N) is 1. The van der Waals surface area contributed by atoms with E-state index in [9.17, 15) is 14.4 Å². The smallest absolute Gasteiger partial charge is 0.336 e. The third-order valence-corrected chi connectivity index (χ3v) is 7.00. The van der Waals surface area contributed by atoms with Crippen LogP contribution in [0.2, 0.25) is 0 Å². The highest BCUT2D eigenvalue weighted by Gasteiger charge is 2.49. The highest BCUT2D eigenvalue weighted by Crippen LogP contribution is 2.48. The molecular formula is C30H33NO7. The Balaban J connectivity index is 1.91. The van der Waals surface area contributed by atoms with Gasteiger partial charge in [-0.15, -0.1) is 0 Å². The van der Waals surface area contributed by atoms with Gasteiger partial charge in [0.1, 0.15) is 17.4 Å². The van der Waals surface area contributed by atoms with Crippen molar-refractivity contribution in [3.63, 3.8) is 0 Å². The summed E-state index contributed by atoms with van der Waals surface area (Å²) >= 11 is 0. The van der Waals surface area contributed by atoms with Crippen molar-refractivity contribution in [1.29, 1.82) is 0 Å². The van der Waals surface area contributed by atoms with Crippen molar-refractivity contribution in [1.82, 2.24) is 5.32 Å². The van der Waals surface area contributed by atoms with Gasteiger partial charge in [0.05, 0.1) is 33.0 Å². The summed E-state index contributed by atoms with van der Waals surface area (Å²) < 4.78 is 21.6. The molecule has 8 nitrogen and oxygen atoms in total. The molecule has 0 saturated heterocycles. The number of esters is 2. The molecule has 200 valence electrons. The molecule has 0 spiro atoms. The fourth-order valence-corrected chi connectivity index (χ4v) is 5.36. The van der Waals surface area contributed by atoms with E-state index < -0.39 is 29.7 Å². The molecule has 0 amide bonds. The zero-order valence-corrected chi connectivity index (χ0v) is 22.3. The van der Waals surface area contributed by atoms with E-state index in [1.807, 2.05) is 36.4 Å². The average molecular weight is 520 g/mol. The predicted octanol–water partition coefficient (Wildman–Crippen LogP) is 4.42. The molecule has 1 N–H and O–H groups in total. The van der Waals surface area contributed by atoms with Crippen LogP contribution in [0.15, 0.2) is 71.1 Å². The van der Waals surface area contributed by atoms with Crippen LogP contribution in [-0.4, -0.2) is 45.2 Å². The SMILES string of the molecule is CCOC(=O)C1=C(C)NC2=C(C(=O)[C@H](C(=O)OCC)[C@@H](c3cccc(OC)c3)C2)[C@@H]1c1cccc(OC)c1. The molecule has 3 atom stereocenters. The maximum Gasteiger partial charge on any atom is 0.336 e. The molecule has 0 saturated carbocycles. The minimum Gasteiger partial charge on any atom is -0.497 e. The third kappa shape index (κ3) is 5.03. The molecule has 2 aromatic rings. The maximum atomic E-state index is 14.3. The molecule has 2 aromatic carbocycles. The van der Waals surface area contributed by atoms with Gasteiger partial charge in [-0.2, -0.15) is 0 Å². The number of allylic oxidation sites excluding steroid dienone is 3. The second-order valence-electron chi connectivity index (χ2n) is 9.17. The minimum atomic E-state index is -1.09. The minimum absolute atomic E-state index is 0.143. The van der Waals surface area contributed by atoms with Crippen LogP contribution in [0.25, 0.3) is 0 Å². The largest absolute Gasteiger partial charge is 0.497 e. The van der Waals surface area contributed by atoms with Gasteiger partial charge in [0.15, 0.2) is 5.78 Å². The van der Waals surface area contributed by atoms with Gasteiger partial charge >= 0.3 is 11.9 Å². The first-order valence-corrected chi connectivity index (χ1v) is 12.7. The van der Waals surface area contributed by atoms with Crippen molar-refractivity contribution in [3.05, 3.63) is 82.2 Å². The Morgan fingerprint density at radius 1 is 0.921 bits per heavy atom. The summed E-state index contributed by atoms with van der Waals surface area (Å²) in [4.78, 5) is 40.9. The fraction of sp³-hybridized carbons (Fsp3) is 0.367. The van der Waals surface area contributed by atoms with Crippen molar-refractivity contribution in [2.24, 2.45) is 5.92 Å². The monoisotopic (exact) mass is 519 g/mol. The first kappa shape index (κ1) is 27.0. The van der Waals surface area contributed by atoms with Crippen molar-refractivity contribution in [3.8, 4) is 11.5 Å². The highest BCUT2D eigenvalue weighted by atomic mass is 16.5. The number of methoxy groups -OCH3 is 2. The quantitative estimate of drug-likeness (QED) is 0.404.